The highest BCUT2D eigenvalue weighted by atomic mass is 32.1. The first-order chi connectivity index (χ1) is 15.3. The van der Waals surface area contributed by atoms with Gasteiger partial charge >= 0.3 is 0 Å². The van der Waals surface area contributed by atoms with Gasteiger partial charge in [-0.1, -0.05) is 56.3 Å². The molecule has 0 bridgehead atoms. The van der Waals surface area contributed by atoms with Crippen molar-refractivity contribution in [1.82, 2.24) is 4.98 Å². The van der Waals surface area contributed by atoms with Gasteiger partial charge in [-0.2, -0.15) is 0 Å². The zero-order chi connectivity index (χ0) is 22.5. The summed E-state index contributed by atoms with van der Waals surface area (Å²) in [4.78, 5) is 18.1. The van der Waals surface area contributed by atoms with E-state index in [0.717, 1.165) is 16.8 Å². The molecule has 3 aromatic rings. The monoisotopic (exact) mass is 446 g/mol. The van der Waals surface area contributed by atoms with Gasteiger partial charge in [0, 0.05) is 35.3 Å². The molecule has 2 aromatic carbocycles. The molecule has 0 unspecified atom stereocenters. The average molecular weight is 447 g/mol. The summed E-state index contributed by atoms with van der Waals surface area (Å²) in [7, 11) is 0. The third-order valence-electron chi connectivity index (χ3n) is 5.96. The number of ketones is 1. The van der Waals surface area contributed by atoms with Crippen molar-refractivity contribution in [3.63, 3.8) is 0 Å². The molecule has 162 valence electrons. The van der Waals surface area contributed by atoms with E-state index in [9.17, 15) is 9.18 Å². The number of nitrogens with two attached hydrogens (primary N) is 1. The highest BCUT2D eigenvalue weighted by molar-refractivity contribution is 7.11. The number of rotatable bonds is 3. The lowest BCUT2D eigenvalue weighted by Gasteiger charge is -2.38. The number of aromatic nitrogens is 1. The zero-order valence-electron chi connectivity index (χ0n) is 17.9. The highest BCUT2D eigenvalue weighted by Gasteiger charge is 2.43. The summed E-state index contributed by atoms with van der Waals surface area (Å²) in [6, 6.07) is 16.1. The standard InChI is InChI=1S/C26H23FN2O2S/c1-26(2)12-19(30)22-20(13-26)31-24(28)23(21(22)16-8-10-17(27)11-9-16)25-29-18(14-32-25)15-6-4-3-5-7-15/h3-11,14,21H,12-13,28H2,1-2H3/t21-/m0/s1. The Bertz CT molecular complexity index is 1260. The Morgan fingerprint density at radius 2 is 1.78 bits per heavy atom. The number of carbonyl (C=O) groups excluding carboxylic acids is 1. The molecule has 0 fully saturated rings. The van der Waals surface area contributed by atoms with E-state index in [0.29, 0.717) is 34.8 Å². The Kier molecular flexibility index (Phi) is 4.97. The maximum atomic E-state index is 13.7. The van der Waals surface area contributed by atoms with Crippen LogP contribution in [0.15, 0.2) is 77.2 Å². The van der Waals surface area contributed by atoms with Gasteiger partial charge in [0.25, 0.3) is 0 Å². The molecular weight excluding hydrogens is 423 g/mol. The van der Waals surface area contributed by atoms with E-state index < -0.39 is 5.92 Å². The normalized spacial score (nSPS) is 20.2. The molecule has 4 nitrogen and oxygen atoms in total. The van der Waals surface area contributed by atoms with Gasteiger partial charge in [-0.25, -0.2) is 9.37 Å². The molecule has 2 aliphatic rings. The van der Waals surface area contributed by atoms with Crippen molar-refractivity contribution in [2.24, 2.45) is 11.1 Å². The number of allylic oxidation sites excluding steroid dienone is 3. The van der Waals surface area contributed by atoms with Crippen LogP contribution in [-0.4, -0.2) is 10.8 Å². The Hall–Kier alpha value is -3.25. The van der Waals surface area contributed by atoms with Gasteiger partial charge in [0.05, 0.1) is 11.3 Å². The van der Waals surface area contributed by atoms with E-state index >= 15 is 0 Å². The molecule has 6 heteroatoms. The zero-order valence-corrected chi connectivity index (χ0v) is 18.7. The number of carbonyl (C=O) groups is 1. The number of ether oxygens (including phenoxy) is 1. The molecule has 32 heavy (non-hydrogen) atoms. The van der Waals surface area contributed by atoms with Crippen LogP contribution in [0.5, 0.6) is 0 Å². The number of benzene rings is 2. The number of hydrogen-bond acceptors (Lipinski definition) is 5. The SMILES string of the molecule is CC1(C)CC(=O)C2=C(C1)OC(N)=C(c1nc(-c3ccccc3)cs1)[C@H]2c1ccc(F)cc1. The molecule has 0 amide bonds. The fourth-order valence-electron chi connectivity index (χ4n) is 4.52. The smallest absolute Gasteiger partial charge is 0.197 e. The summed E-state index contributed by atoms with van der Waals surface area (Å²) >= 11 is 1.46. The van der Waals surface area contributed by atoms with Crippen LogP contribution < -0.4 is 5.73 Å². The minimum Gasteiger partial charge on any atom is -0.445 e. The van der Waals surface area contributed by atoms with Crippen LogP contribution in [0.1, 0.15) is 43.2 Å². The Balaban J connectivity index is 1.65. The summed E-state index contributed by atoms with van der Waals surface area (Å²) in [6.07, 6.45) is 1.04. The molecule has 5 rings (SSSR count). The maximum absolute atomic E-state index is 13.7. The minimum atomic E-state index is -0.447. The van der Waals surface area contributed by atoms with E-state index in [1.54, 1.807) is 12.1 Å². The molecule has 2 heterocycles. The molecule has 1 aromatic heterocycles. The number of nitrogens with zero attached hydrogens (tertiary/aromatic N) is 1. The second-order valence-corrected chi connectivity index (χ2v) is 9.90. The average Bonchev–Trinajstić information content (AvgIpc) is 3.23. The van der Waals surface area contributed by atoms with Crippen LogP contribution in [0.2, 0.25) is 0 Å². The van der Waals surface area contributed by atoms with Gasteiger partial charge in [-0.3, -0.25) is 4.79 Å². The minimum absolute atomic E-state index is 0.0374. The molecule has 0 spiro atoms. The summed E-state index contributed by atoms with van der Waals surface area (Å²) in [5, 5.41) is 2.67. The van der Waals surface area contributed by atoms with E-state index in [-0.39, 0.29) is 22.9 Å². The fourth-order valence-corrected chi connectivity index (χ4v) is 5.43. The van der Waals surface area contributed by atoms with Crippen LogP contribution in [0.25, 0.3) is 16.8 Å². The predicted octanol–water partition coefficient (Wildman–Crippen LogP) is 6.03. The predicted molar refractivity (Wildman–Crippen MR) is 124 cm³/mol. The largest absolute Gasteiger partial charge is 0.445 e. The van der Waals surface area contributed by atoms with Crippen LogP contribution in [-0.2, 0) is 9.53 Å². The van der Waals surface area contributed by atoms with Crippen molar-refractivity contribution >= 4 is 22.7 Å². The van der Waals surface area contributed by atoms with Gasteiger partial charge < -0.3 is 10.5 Å². The van der Waals surface area contributed by atoms with Gasteiger partial charge in [0.1, 0.15) is 16.6 Å². The summed E-state index contributed by atoms with van der Waals surface area (Å²) < 4.78 is 19.8. The summed E-state index contributed by atoms with van der Waals surface area (Å²) in [5.74, 6) is 0.123. The Morgan fingerprint density at radius 3 is 2.50 bits per heavy atom. The first-order valence-corrected chi connectivity index (χ1v) is 11.4. The topological polar surface area (TPSA) is 65.2 Å². The van der Waals surface area contributed by atoms with E-state index in [1.807, 2.05) is 49.6 Å². The summed E-state index contributed by atoms with van der Waals surface area (Å²) in [6.45, 7) is 4.10. The van der Waals surface area contributed by atoms with Crippen molar-refractivity contribution in [1.29, 1.82) is 0 Å². The van der Waals surface area contributed by atoms with Crippen LogP contribution in [0, 0.1) is 11.2 Å². The Morgan fingerprint density at radius 1 is 1.06 bits per heavy atom. The van der Waals surface area contributed by atoms with E-state index in [4.69, 9.17) is 15.5 Å². The first-order valence-electron chi connectivity index (χ1n) is 10.5. The second kappa shape index (κ2) is 7.71. The second-order valence-electron chi connectivity index (χ2n) is 9.05. The van der Waals surface area contributed by atoms with Crippen molar-refractivity contribution in [2.45, 2.75) is 32.6 Å². The first kappa shape index (κ1) is 20.6. The summed E-state index contributed by atoms with van der Waals surface area (Å²) in [5.41, 5.74) is 10.2. The molecule has 0 saturated carbocycles. The van der Waals surface area contributed by atoms with E-state index in [1.165, 1.54) is 23.5 Å². The van der Waals surface area contributed by atoms with Crippen LogP contribution in [0.4, 0.5) is 4.39 Å². The van der Waals surface area contributed by atoms with Gasteiger partial charge in [-0.05, 0) is 23.1 Å². The lowest BCUT2D eigenvalue weighted by Crippen LogP contribution is -2.33. The number of hydrogen-bond donors (Lipinski definition) is 1. The molecule has 1 atom stereocenters. The fraction of sp³-hybridized carbons (Fsp3) is 0.231. The van der Waals surface area contributed by atoms with Gasteiger partial charge in [0.2, 0.25) is 0 Å². The van der Waals surface area contributed by atoms with Crippen LogP contribution >= 0.6 is 11.3 Å². The molecule has 0 radical (unpaired) electrons. The van der Waals surface area contributed by atoms with Crippen LogP contribution in [0.3, 0.4) is 0 Å². The maximum Gasteiger partial charge on any atom is 0.197 e. The lowest BCUT2D eigenvalue weighted by atomic mass is 9.70. The molecular formula is C26H23FN2O2S. The number of Topliss-reactive ketones (excluding diaryl/α,β-unsaturated/α-hetero) is 1. The van der Waals surface area contributed by atoms with Gasteiger partial charge in [0.15, 0.2) is 11.7 Å². The molecule has 2 N–H and O–H groups in total. The van der Waals surface area contributed by atoms with Crippen molar-refractivity contribution in [3.8, 4) is 11.3 Å². The molecule has 1 aliphatic heterocycles. The number of thiazole rings is 1. The van der Waals surface area contributed by atoms with Crippen molar-refractivity contribution < 1.29 is 13.9 Å². The third kappa shape index (κ3) is 3.65. The van der Waals surface area contributed by atoms with Gasteiger partial charge in [-0.15, -0.1) is 11.3 Å². The third-order valence-corrected chi connectivity index (χ3v) is 6.84. The van der Waals surface area contributed by atoms with E-state index in [2.05, 4.69) is 0 Å². The van der Waals surface area contributed by atoms with Crippen molar-refractivity contribution in [3.05, 3.63) is 93.6 Å². The quantitative estimate of drug-likeness (QED) is 0.533. The highest BCUT2D eigenvalue weighted by Crippen LogP contribution is 2.51. The molecule has 0 saturated heterocycles. The molecule has 1 aliphatic carbocycles. The lowest BCUT2D eigenvalue weighted by molar-refractivity contribution is -0.118. The number of halogens is 1. The Labute approximate surface area is 190 Å². The van der Waals surface area contributed by atoms with Crippen molar-refractivity contribution in [2.75, 3.05) is 0 Å².